The van der Waals surface area contributed by atoms with E-state index < -0.39 is 0 Å². The number of hydrogen-bond acceptors (Lipinski definition) is 4. The van der Waals surface area contributed by atoms with E-state index in [4.69, 9.17) is 0 Å². The van der Waals surface area contributed by atoms with Crippen LogP contribution in [0.3, 0.4) is 0 Å². The molecule has 170 valence electrons. The number of rotatable bonds is 8. The normalized spacial score (nSPS) is 11.8. The number of nitrogens with zero attached hydrogens (tertiary/aromatic N) is 4. The summed E-state index contributed by atoms with van der Waals surface area (Å²) in [7, 11) is 3.66. The first-order chi connectivity index (χ1) is 16.0. The molecule has 0 unspecified atom stereocenters. The Balaban J connectivity index is 0.00000324. The highest BCUT2D eigenvalue weighted by molar-refractivity contribution is 6.05. The Kier molecular flexibility index (Phi) is 6.78. The van der Waals surface area contributed by atoms with E-state index >= 15 is 0 Å². The van der Waals surface area contributed by atoms with Gasteiger partial charge in [0.05, 0.1) is 5.56 Å². The van der Waals surface area contributed by atoms with Crippen molar-refractivity contribution in [3.63, 3.8) is 0 Å². The first-order valence-electron chi connectivity index (χ1n) is 10.9. The standard InChI is InChI=1S/C26H27N5O2.H2/c1-30-17-7-11-23(30)25(32)29-15-12-20(18-19-8-4-3-5-9-19)31(2)26(33)22-13-16-28-24-21(22)10-6-14-27-24;/h3-11,13-14,16-17,20H,12,15,18H2,1-2H3,(H,29,32);1H/t20-;/m1./s1. The van der Waals surface area contributed by atoms with E-state index in [-0.39, 0.29) is 19.3 Å². The highest BCUT2D eigenvalue weighted by Gasteiger charge is 2.23. The van der Waals surface area contributed by atoms with Gasteiger partial charge < -0.3 is 14.8 Å². The summed E-state index contributed by atoms with van der Waals surface area (Å²) >= 11 is 0. The number of pyridine rings is 2. The molecule has 3 heterocycles. The van der Waals surface area contributed by atoms with Gasteiger partial charge in [0.1, 0.15) is 5.69 Å². The molecule has 0 aliphatic carbocycles. The lowest BCUT2D eigenvalue weighted by molar-refractivity contribution is 0.0724. The summed E-state index contributed by atoms with van der Waals surface area (Å²) in [5.74, 6) is -0.216. The molecule has 0 radical (unpaired) electrons. The van der Waals surface area contributed by atoms with Crippen molar-refractivity contribution >= 4 is 22.8 Å². The predicted molar refractivity (Wildman–Crippen MR) is 130 cm³/mol. The number of hydrogen-bond donors (Lipinski definition) is 1. The van der Waals surface area contributed by atoms with Crippen molar-refractivity contribution in [2.75, 3.05) is 13.6 Å². The third kappa shape index (κ3) is 5.09. The zero-order chi connectivity index (χ0) is 23.2. The molecule has 7 heteroatoms. The van der Waals surface area contributed by atoms with Gasteiger partial charge in [0.2, 0.25) is 0 Å². The maximum atomic E-state index is 13.5. The van der Waals surface area contributed by atoms with Crippen LogP contribution in [0.25, 0.3) is 11.0 Å². The fraction of sp³-hybridized carbons (Fsp3) is 0.231. The minimum atomic E-state index is -0.124. The average Bonchev–Trinajstić information content (AvgIpc) is 3.28. The Morgan fingerprint density at radius 1 is 1.03 bits per heavy atom. The summed E-state index contributed by atoms with van der Waals surface area (Å²) < 4.78 is 1.79. The number of aromatic nitrogens is 3. The molecule has 2 amide bonds. The molecule has 0 fully saturated rings. The van der Waals surface area contributed by atoms with Gasteiger partial charge in [-0.15, -0.1) is 0 Å². The van der Waals surface area contributed by atoms with Crippen LogP contribution in [-0.2, 0) is 13.5 Å². The van der Waals surface area contributed by atoms with Crippen LogP contribution in [0.1, 0.15) is 34.3 Å². The lowest BCUT2D eigenvalue weighted by atomic mass is 10.0. The van der Waals surface area contributed by atoms with Gasteiger partial charge in [-0.05, 0) is 48.7 Å². The largest absolute Gasteiger partial charge is 0.351 e. The molecule has 0 saturated heterocycles. The van der Waals surface area contributed by atoms with E-state index in [2.05, 4.69) is 27.4 Å². The maximum absolute atomic E-state index is 13.5. The molecule has 0 bridgehead atoms. The summed E-state index contributed by atoms with van der Waals surface area (Å²) in [5, 5.41) is 3.72. The number of benzene rings is 1. The van der Waals surface area contributed by atoms with Gasteiger partial charge in [0.25, 0.3) is 11.8 Å². The second-order valence-corrected chi connectivity index (χ2v) is 8.04. The smallest absolute Gasteiger partial charge is 0.267 e. The summed E-state index contributed by atoms with van der Waals surface area (Å²) in [6.45, 7) is 0.456. The molecule has 33 heavy (non-hydrogen) atoms. The molecule has 3 aromatic heterocycles. The number of carbonyl (C=O) groups excluding carboxylic acids is 2. The molecule has 1 aromatic carbocycles. The van der Waals surface area contributed by atoms with Crippen molar-refractivity contribution < 1.29 is 11.0 Å². The van der Waals surface area contributed by atoms with Crippen LogP contribution in [0, 0.1) is 0 Å². The topological polar surface area (TPSA) is 80.1 Å². The van der Waals surface area contributed by atoms with Crippen LogP contribution in [0.2, 0.25) is 0 Å². The minimum absolute atomic E-state index is 0. The number of aryl methyl sites for hydroxylation is 1. The summed E-state index contributed by atoms with van der Waals surface area (Å²) in [5.41, 5.74) is 2.86. The molecule has 0 spiro atoms. The van der Waals surface area contributed by atoms with E-state index in [1.807, 2.05) is 50.6 Å². The van der Waals surface area contributed by atoms with Gasteiger partial charge in [-0.3, -0.25) is 9.59 Å². The van der Waals surface area contributed by atoms with E-state index in [9.17, 15) is 9.59 Å². The fourth-order valence-corrected chi connectivity index (χ4v) is 3.98. The second kappa shape index (κ2) is 10.1. The van der Waals surface area contributed by atoms with Crippen LogP contribution in [-0.4, -0.2) is 50.9 Å². The maximum Gasteiger partial charge on any atom is 0.267 e. The average molecular weight is 444 g/mol. The van der Waals surface area contributed by atoms with Crippen molar-refractivity contribution in [1.82, 2.24) is 24.8 Å². The monoisotopic (exact) mass is 443 g/mol. The lowest BCUT2D eigenvalue weighted by Crippen LogP contribution is -2.41. The van der Waals surface area contributed by atoms with Gasteiger partial charge in [0.15, 0.2) is 5.65 Å². The first kappa shape index (κ1) is 22.2. The van der Waals surface area contributed by atoms with Gasteiger partial charge in [-0.1, -0.05) is 30.3 Å². The van der Waals surface area contributed by atoms with Gasteiger partial charge in [-0.25, -0.2) is 9.97 Å². The first-order valence-corrected chi connectivity index (χ1v) is 10.9. The Hall–Kier alpha value is -4.00. The fourth-order valence-electron chi connectivity index (χ4n) is 3.98. The van der Waals surface area contributed by atoms with Crippen molar-refractivity contribution in [2.45, 2.75) is 18.9 Å². The van der Waals surface area contributed by atoms with Crippen LogP contribution in [0.5, 0.6) is 0 Å². The highest BCUT2D eigenvalue weighted by Crippen LogP contribution is 2.19. The van der Waals surface area contributed by atoms with Crippen LogP contribution in [0.4, 0.5) is 0 Å². The van der Waals surface area contributed by atoms with Crippen LogP contribution in [0.15, 0.2) is 79.3 Å². The highest BCUT2D eigenvalue weighted by atomic mass is 16.2. The Labute approximate surface area is 194 Å². The number of carbonyl (C=O) groups is 2. The Morgan fingerprint density at radius 3 is 2.58 bits per heavy atom. The Morgan fingerprint density at radius 2 is 1.82 bits per heavy atom. The molecule has 4 rings (SSSR count). The van der Waals surface area contributed by atoms with E-state index in [0.29, 0.717) is 36.3 Å². The van der Waals surface area contributed by atoms with Crippen LogP contribution >= 0.6 is 0 Å². The summed E-state index contributed by atoms with van der Waals surface area (Å²) in [4.78, 5) is 36.3. The predicted octanol–water partition coefficient (Wildman–Crippen LogP) is 3.72. The summed E-state index contributed by atoms with van der Waals surface area (Å²) in [6, 6.07) is 19.0. The van der Waals surface area contributed by atoms with Crippen molar-refractivity contribution in [3.05, 3.63) is 96.1 Å². The third-order valence-corrected chi connectivity index (χ3v) is 5.87. The molecule has 0 aliphatic rings. The van der Waals surface area contributed by atoms with Crippen LogP contribution < -0.4 is 5.32 Å². The van der Waals surface area contributed by atoms with E-state index in [0.717, 1.165) is 10.9 Å². The third-order valence-electron chi connectivity index (χ3n) is 5.87. The molecule has 1 atom stereocenters. The van der Waals surface area contributed by atoms with Gasteiger partial charge in [-0.2, -0.15) is 0 Å². The number of amides is 2. The lowest BCUT2D eigenvalue weighted by Gasteiger charge is -2.29. The summed E-state index contributed by atoms with van der Waals surface area (Å²) in [6.07, 6.45) is 6.43. The molecule has 4 aromatic rings. The molecular formula is C26H29N5O2. The second-order valence-electron chi connectivity index (χ2n) is 8.04. The minimum Gasteiger partial charge on any atom is -0.351 e. The zero-order valence-electron chi connectivity index (χ0n) is 18.8. The van der Waals surface area contributed by atoms with Gasteiger partial charge in [0, 0.05) is 52.1 Å². The SMILES string of the molecule is CN(C(=O)c1ccnc2ncccc12)[C@H](CCNC(=O)c1cccn1C)Cc1ccccc1.[HH]. The molecule has 0 aliphatic heterocycles. The molecule has 1 N–H and O–H groups in total. The van der Waals surface area contributed by atoms with Crippen molar-refractivity contribution in [2.24, 2.45) is 7.05 Å². The van der Waals surface area contributed by atoms with E-state index in [1.165, 1.54) is 0 Å². The zero-order valence-corrected chi connectivity index (χ0v) is 18.8. The Bertz CT molecular complexity index is 1250. The molecule has 0 saturated carbocycles. The molecule has 7 nitrogen and oxygen atoms in total. The molecular weight excluding hydrogens is 414 g/mol. The van der Waals surface area contributed by atoms with E-state index in [1.54, 1.807) is 40.1 Å². The van der Waals surface area contributed by atoms with Crippen molar-refractivity contribution in [3.8, 4) is 0 Å². The van der Waals surface area contributed by atoms with Crippen molar-refractivity contribution in [1.29, 1.82) is 0 Å². The van der Waals surface area contributed by atoms with Gasteiger partial charge >= 0.3 is 0 Å². The quantitative estimate of drug-likeness (QED) is 0.450. The number of likely N-dealkylation sites (N-methyl/N-ethyl adjacent to an activating group) is 1. The number of nitrogens with one attached hydrogen (secondary N) is 1. The number of fused-ring (bicyclic) bond motifs is 1.